The number of piperazine rings is 1. The van der Waals surface area contributed by atoms with Crippen LogP contribution < -0.4 is 10.2 Å². The fourth-order valence-corrected chi connectivity index (χ4v) is 6.11. The SMILES string of the molecule is Cc1cccc(C(=O)Nc2cc(-c3ccc4sc5ccccc5c4c3)ccc2N2CCN(C)CC2)c1. The van der Waals surface area contributed by atoms with Gasteiger partial charge in [-0.25, -0.2) is 0 Å². The highest BCUT2D eigenvalue weighted by Crippen LogP contribution is 2.38. The summed E-state index contributed by atoms with van der Waals surface area (Å²) in [7, 11) is 2.16. The summed E-state index contributed by atoms with van der Waals surface area (Å²) in [6, 6.07) is 29.5. The molecule has 1 aliphatic rings. The lowest BCUT2D eigenvalue weighted by Crippen LogP contribution is -2.44. The molecule has 4 nitrogen and oxygen atoms in total. The molecular formula is C31H29N3OS. The summed E-state index contributed by atoms with van der Waals surface area (Å²) in [5.74, 6) is -0.0782. The average molecular weight is 492 g/mol. The maximum Gasteiger partial charge on any atom is 0.255 e. The van der Waals surface area contributed by atoms with Crippen LogP contribution >= 0.6 is 11.3 Å². The van der Waals surface area contributed by atoms with Crippen LogP contribution in [0.3, 0.4) is 0 Å². The predicted molar refractivity (Wildman–Crippen MR) is 154 cm³/mol. The van der Waals surface area contributed by atoms with Gasteiger partial charge in [-0.1, -0.05) is 48.0 Å². The van der Waals surface area contributed by atoms with Crippen molar-refractivity contribution in [3.05, 3.63) is 96.1 Å². The minimum Gasteiger partial charge on any atom is -0.367 e. The molecule has 0 aliphatic carbocycles. The number of hydrogen-bond donors (Lipinski definition) is 1. The van der Waals surface area contributed by atoms with Crippen LogP contribution in [-0.4, -0.2) is 44.0 Å². The third-order valence-corrected chi connectivity index (χ3v) is 8.23. The topological polar surface area (TPSA) is 35.6 Å². The number of benzene rings is 4. The van der Waals surface area contributed by atoms with Gasteiger partial charge in [-0.3, -0.25) is 4.79 Å². The summed E-state index contributed by atoms with van der Waals surface area (Å²) in [6.07, 6.45) is 0. The van der Waals surface area contributed by atoms with Gasteiger partial charge in [-0.2, -0.15) is 0 Å². The van der Waals surface area contributed by atoms with E-state index in [4.69, 9.17) is 0 Å². The fraction of sp³-hybridized carbons (Fsp3) is 0.194. The van der Waals surface area contributed by atoms with Crippen molar-refractivity contribution in [2.24, 2.45) is 0 Å². The molecule has 1 aromatic heterocycles. The van der Waals surface area contributed by atoms with Crippen LogP contribution in [0.25, 0.3) is 31.3 Å². The monoisotopic (exact) mass is 491 g/mol. The molecule has 0 bridgehead atoms. The normalized spacial score (nSPS) is 14.4. The number of amides is 1. The lowest BCUT2D eigenvalue weighted by molar-refractivity contribution is 0.102. The molecule has 4 aromatic carbocycles. The Balaban J connectivity index is 1.41. The molecule has 1 N–H and O–H groups in total. The van der Waals surface area contributed by atoms with Gasteiger partial charge in [0, 0.05) is 51.9 Å². The third kappa shape index (κ3) is 4.36. The van der Waals surface area contributed by atoms with Gasteiger partial charge >= 0.3 is 0 Å². The van der Waals surface area contributed by atoms with Crippen molar-refractivity contribution in [3.63, 3.8) is 0 Å². The first-order valence-corrected chi connectivity index (χ1v) is 13.2. The summed E-state index contributed by atoms with van der Waals surface area (Å²) in [4.78, 5) is 18.0. The van der Waals surface area contributed by atoms with Crippen LogP contribution in [0.1, 0.15) is 15.9 Å². The highest BCUT2D eigenvalue weighted by atomic mass is 32.1. The Hall–Kier alpha value is -3.67. The molecule has 6 rings (SSSR count). The Kier molecular flexibility index (Phi) is 5.96. The van der Waals surface area contributed by atoms with Crippen LogP contribution in [0, 0.1) is 6.92 Å². The number of fused-ring (bicyclic) bond motifs is 3. The molecule has 0 spiro atoms. The summed E-state index contributed by atoms with van der Waals surface area (Å²) in [5, 5.41) is 5.81. The summed E-state index contributed by atoms with van der Waals surface area (Å²) in [6.45, 7) is 5.91. The largest absolute Gasteiger partial charge is 0.367 e. The quantitative estimate of drug-likeness (QED) is 0.293. The van der Waals surface area contributed by atoms with E-state index in [1.807, 2.05) is 42.5 Å². The zero-order valence-electron chi connectivity index (χ0n) is 20.6. The standard InChI is InChI=1S/C31H29N3OS/c1-21-6-5-7-24(18-21)31(35)32-27-20-23(10-12-28(27)34-16-14-33(2)15-17-34)22-11-13-30-26(19-22)25-8-3-4-9-29(25)36-30/h3-13,18-20H,14-17H2,1-2H3,(H,32,35). The highest BCUT2D eigenvalue weighted by molar-refractivity contribution is 7.25. The van der Waals surface area contributed by atoms with Gasteiger partial charge in [-0.05, 0) is 67.6 Å². The highest BCUT2D eigenvalue weighted by Gasteiger charge is 2.19. The molecule has 0 atom stereocenters. The van der Waals surface area contributed by atoms with Gasteiger partial charge in [-0.15, -0.1) is 11.3 Å². The first-order valence-electron chi connectivity index (χ1n) is 12.4. The average Bonchev–Trinajstić information content (AvgIpc) is 3.27. The van der Waals surface area contributed by atoms with Crippen LogP contribution in [0.15, 0.2) is 84.9 Å². The second kappa shape index (κ2) is 9.41. The van der Waals surface area contributed by atoms with Crippen molar-refractivity contribution >= 4 is 48.8 Å². The number of likely N-dealkylation sites (N-methyl/N-ethyl adjacent to an activating group) is 1. The maximum atomic E-state index is 13.3. The number of carbonyl (C=O) groups is 1. The first-order chi connectivity index (χ1) is 17.5. The van der Waals surface area contributed by atoms with Gasteiger partial charge in [0.15, 0.2) is 0 Å². The second-order valence-electron chi connectivity index (χ2n) is 9.66. The van der Waals surface area contributed by atoms with Gasteiger partial charge in [0.25, 0.3) is 5.91 Å². The van der Waals surface area contributed by atoms with Crippen molar-refractivity contribution in [1.29, 1.82) is 0 Å². The van der Waals surface area contributed by atoms with E-state index in [1.165, 1.54) is 20.2 Å². The Bertz CT molecular complexity index is 1580. The maximum absolute atomic E-state index is 13.3. The molecule has 36 heavy (non-hydrogen) atoms. The van der Waals surface area contributed by atoms with E-state index in [0.717, 1.165) is 54.2 Å². The summed E-state index contributed by atoms with van der Waals surface area (Å²) in [5.41, 5.74) is 5.95. The number of anilines is 2. The number of nitrogens with one attached hydrogen (secondary N) is 1. The van der Waals surface area contributed by atoms with Crippen LogP contribution in [0.4, 0.5) is 11.4 Å². The zero-order valence-corrected chi connectivity index (χ0v) is 21.4. The lowest BCUT2D eigenvalue weighted by Gasteiger charge is -2.35. The number of hydrogen-bond acceptors (Lipinski definition) is 4. The molecule has 180 valence electrons. The molecule has 0 radical (unpaired) electrons. The molecule has 2 heterocycles. The van der Waals surface area contributed by atoms with E-state index in [9.17, 15) is 4.79 Å². The van der Waals surface area contributed by atoms with Gasteiger partial charge in [0.2, 0.25) is 0 Å². The van der Waals surface area contributed by atoms with E-state index in [1.54, 1.807) is 0 Å². The lowest BCUT2D eigenvalue weighted by atomic mass is 10.0. The third-order valence-electron chi connectivity index (χ3n) is 7.08. The van der Waals surface area contributed by atoms with Crippen LogP contribution in [0.5, 0.6) is 0 Å². The minimum absolute atomic E-state index is 0.0782. The molecule has 1 saturated heterocycles. The Morgan fingerprint density at radius 3 is 2.36 bits per heavy atom. The number of carbonyl (C=O) groups excluding carboxylic acids is 1. The molecular weight excluding hydrogens is 462 g/mol. The number of rotatable bonds is 4. The van der Waals surface area contributed by atoms with Gasteiger partial charge in [0.1, 0.15) is 0 Å². The smallest absolute Gasteiger partial charge is 0.255 e. The van der Waals surface area contributed by atoms with Crippen molar-refractivity contribution < 1.29 is 4.79 Å². The van der Waals surface area contributed by atoms with E-state index in [2.05, 4.69) is 82.8 Å². The number of aryl methyl sites for hydroxylation is 1. The Labute approximate surface area is 215 Å². The molecule has 1 amide bonds. The molecule has 5 heteroatoms. The first kappa shape index (κ1) is 22.8. The molecule has 0 unspecified atom stereocenters. The van der Waals surface area contributed by atoms with E-state index < -0.39 is 0 Å². The van der Waals surface area contributed by atoms with E-state index in [0.29, 0.717) is 5.56 Å². The second-order valence-corrected chi connectivity index (χ2v) is 10.7. The fourth-order valence-electron chi connectivity index (χ4n) is 5.03. The van der Waals surface area contributed by atoms with Gasteiger partial charge < -0.3 is 15.1 Å². The van der Waals surface area contributed by atoms with Crippen molar-refractivity contribution in [2.45, 2.75) is 6.92 Å². The number of nitrogens with zero attached hydrogens (tertiary/aromatic N) is 2. The Morgan fingerprint density at radius 2 is 1.53 bits per heavy atom. The van der Waals surface area contributed by atoms with Gasteiger partial charge in [0.05, 0.1) is 11.4 Å². The number of thiophene rings is 1. The Morgan fingerprint density at radius 1 is 0.778 bits per heavy atom. The molecule has 0 saturated carbocycles. The van der Waals surface area contributed by atoms with Crippen LogP contribution in [0.2, 0.25) is 0 Å². The van der Waals surface area contributed by atoms with Crippen molar-refractivity contribution in [1.82, 2.24) is 4.90 Å². The molecule has 1 fully saturated rings. The molecule has 5 aromatic rings. The van der Waals surface area contributed by atoms with Crippen molar-refractivity contribution in [2.75, 3.05) is 43.4 Å². The minimum atomic E-state index is -0.0782. The zero-order chi connectivity index (χ0) is 24.6. The van der Waals surface area contributed by atoms with Crippen molar-refractivity contribution in [3.8, 4) is 11.1 Å². The predicted octanol–water partition coefficient (Wildman–Crippen LogP) is 7.03. The van der Waals surface area contributed by atoms with E-state index in [-0.39, 0.29) is 5.91 Å². The summed E-state index contributed by atoms with van der Waals surface area (Å²) >= 11 is 1.83. The molecule has 1 aliphatic heterocycles. The van der Waals surface area contributed by atoms with Crippen LogP contribution in [-0.2, 0) is 0 Å². The summed E-state index contributed by atoms with van der Waals surface area (Å²) < 4.78 is 2.60. The van der Waals surface area contributed by atoms with E-state index >= 15 is 0 Å².